The summed E-state index contributed by atoms with van der Waals surface area (Å²) in [7, 11) is -9.45. The molecule has 18 heteroatoms. The SMILES string of the molecule is C.C.COC(=O)CCOCC(COCCCOS(C)(=O)=O)(COCCCOS(C)(=O)=O)COCCCOS(C)(=O)=O. The van der Waals surface area contributed by atoms with Gasteiger partial charge in [-0.05, 0) is 19.3 Å². The van der Waals surface area contributed by atoms with Gasteiger partial charge < -0.3 is 23.7 Å². The molecule has 15 nitrogen and oxygen atoms in total. The lowest BCUT2D eigenvalue weighted by atomic mass is 9.92. The molecule has 0 spiro atoms. The topological polar surface area (TPSA) is 193 Å². The number of hydrogen-bond donors (Lipinski definition) is 0. The molecule has 0 heterocycles. The number of carbonyl (C=O) groups is 1. The summed E-state index contributed by atoms with van der Waals surface area (Å²) in [5.74, 6) is -0.452. The van der Waals surface area contributed by atoms with Crippen LogP contribution in [-0.2, 0) is 71.4 Å². The van der Waals surface area contributed by atoms with Crippen molar-refractivity contribution in [2.45, 2.75) is 40.5 Å². The van der Waals surface area contributed by atoms with Gasteiger partial charge in [0.05, 0.1) is 90.6 Å². The minimum atomic E-state index is -3.57. The summed E-state index contributed by atoms with van der Waals surface area (Å²) in [6, 6.07) is 0. The van der Waals surface area contributed by atoms with Crippen molar-refractivity contribution in [1.82, 2.24) is 0 Å². The molecule has 0 aliphatic rings. The summed E-state index contributed by atoms with van der Waals surface area (Å²) < 4.78 is 108. The zero-order chi connectivity index (χ0) is 29.8. The Morgan fingerprint density at radius 3 is 1.10 bits per heavy atom. The minimum absolute atomic E-state index is 0. The van der Waals surface area contributed by atoms with Gasteiger partial charge in [-0.3, -0.25) is 17.3 Å². The van der Waals surface area contributed by atoms with Gasteiger partial charge in [0, 0.05) is 19.8 Å². The molecule has 41 heavy (non-hydrogen) atoms. The van der Waals surface area contributed by atoms with Crippen molar-refractivity contribution in [2.75, 3.05) is 98.6 Å². The van der Waals surface area contributed by atoms with E-state index in [0.717, 1.165) is 18.8 Å². The Bertz CT molecular complexity index is 872. The van der Waals surface area contributed by atoms with Gasteiger partial charge >= 0.3 is 5.97 Å². The summed E-state index contributed by atoms with van der Waals surface area (Å²) in [5, 5.41) is 0. The third-order valence-corrected chi connectivity index (χ3v) is 6.29. The van der Waals surface area contributed by atoms with Gasteiger partial charge in [0.2, 0.25) is 0 Å². The standard InChI is InChI=1S/C21H42O15S3.2CH4/c1-29-20(22)8-15-33-19-21(16-30-9-5-12-34-37(2,23)24,17-31-10-6-13-35-38(3,25)26)18-32-11-7-14-36-39(4,27)28;;/h5-19H2,1-4H3;2*1H4. The van der Waals surface area contributed by atoms with Crippen molar-refractivity contribution >= 4 is 36.3 Å². The highest BCUT2D eigenvalue weighted by Crippen LogP contribution is 2.21. The first kappa shape index (κ1) is 44.5. The second kappa shape index (κ2) is 23.5. The van der Waals surface area contributed by atoms with Crippen LogP contribution in [-0.4, -0.2) is 130 Å². The fourth-order valence-electron chi connectivity index (χ4n) is 2.78. The van der Waals surface area contributed by atoms with Crippen LogP contribution in [0.5, 0.6) is 0 Å². The van der Waals surface area contributed by atoms with E-state index in [1.807, 2.05) is 0 Å². The van der Waals surface area contributed by atoms with Gasteiger partial charge in [0.1, 0.15) is 0 Å². The highest BCUT2D eigenvalue weighted by molar-refractivity contribution is 7.86. The largest absolute Gasteiger partial charge is 0.469 e. The highest BCUT2D eigenvalue weighted by Gasteiger charge is 2.32. The van der Waals surface area contributed by atoms with E-state index in [1.54, 1.807) is 0 Å². The van der Waals surface area contributed by atoms with Crippen LogP contribution in [0.4, 0.5) is 0 Å². The summed E-state index contributed by atoms with van der Waals surface area (Å²) in [4.78, 5) is 11.4. The predicted molar refractivity (Wildman–Crippen MR) is 152 cm³/mol. The summed E-state index contributed by atoms with van der Waals surface area (Å²) >= 11 is 0. The summed E-state index contributed by atoms with van der Waals surface area (Å²) in [6.07, 6.45) is 3.73. The second-order valence-electron chi connectivity index (χ2n) is 8.68. The highest BCUT2D eigenvalue weighted by atomic mass is 32.2. The van der Waals surface area contributed by atoms with Crippen LogP contribution >= 0.6 is 0 Å². The van der Waals surface area contributed by atoms with Gasteiger partial charge in [0.25, 0.3) is 30.4 Å². The number of carbonyl (C=O) groups excluding carboxylic acids is 1. The summed E-state index contributed by atoms with van der Waals surface area (Å²) in [5.41, 5.74) is -0.886. The summed E-state index contributed by atoms with van der Waals surface area (Å²) in [6.45, 7) is 0.568. The Kier molecular flexibility index (Phi) is 25.5. The van der Waals surface area contributed by atoms with E-state index in [1.165, 1.54) is 7.11 Å². The lowest BCUT2D eigenvalue weighted by Crippen LogP contribution is -2.42. The van der Waals surface area contributed by atoms with Crippen LogP contribution in [0.2, 0.25) is 0 Å². The number of rotatable bonds is 26. The smallest absolute Gasteiger partial charge is 0.307 e. The van der Waals surface area contributed by atoms with Gasteiger partial charge in [-0.25, -0.2) is 0 Å². The van der Waals surface area contributed by atoms with Gasteiger partial charge in [0.15, 0.2) is 0 Å². The van der Waals surface area contributed by atoms with Crippen LogP contribution in [0.1, 0.15) is 40.5 Å². The van der Waals surface area contributed by atoms with E-state index in [4.69, 9.17) is 31.5 Å². The van der Waals surface area contributed by atoms with Crippen LogP contribution in [0, 0.1) is 5.41 Å². The lowest BCUT2D eigenvalue weighted by Gasteiger charge is -2.33. The Hall–Kier alpha value is -0.960. The molecule has 0 amide bonds. The van der Waals surface area contributed by atoms with Gasteiger partial charge in [-0.2, -0.15) is 25.3 Å². The van der Waals surface area contributed by atoms with Gasteiger partial charge in [-0.15, -0.1) is 0 Å². The van der Waals surface area contributed by atoms with Crippen molar-refractivity contribution in [3.8, 4) is 0 Å². The molecule has 0 radical (unpaired) electrons. The Labute approximate surface area is 246 Å². The first-order valence-corrected chi connectivity index (χ1v) is 17.4. The average Bonchev–Trinajstić information content (AvgIpc) is 2.81. The van der Waals surface area contributed by atoms with E-state index in [-0.39, 0.29) is 93.9 Å². The lowest BCUT2D eigenvalue weighted by molar-refractivity contribution is -0.143. The molecule has 0 saturated heterocycles. The van der Waals surface area contributed by atoms with Crippen molar-refractivity contribution < 1.29 is 66.3 Å². The molecule has 0 aromatic heterocycles. The first-order valence-electron chi connectivity index (χ1n) is 12.0. The van der Waals surface area contributed by atoms with Crippen molar-refractivity contribution in [3.63, 3.8) is 0 Å². The molecule has 0 N–H and O–H groups in total. The van der Waals surface area contributed by atoms with E-state index < -0.39 is 41.7 Å². The molecule has 0 bridgehead atoms. The molecular formula is C23H50O15S3. The average molecular weight is 663 g/mol. The zero-order valence-corrected chi connectivity index (χ0v) is 25.4. The molecule has 0 fully saturated rings. The predicted octanol–water partition coefficient (Wildman–Crippen LogP) is 0.973. The zero-order valence-electron chi connectivity index (χ0n) is 23.0. The minimum Gasteiger partial charge on any atom is -0.469 e. The fourth-order valence-corrected chi connectivity index (χ4v) is 4.04. The number of hydrogen-bond acceptors (Lipinski definition) is 15. The first-order chi connectivity index (χ1) is 18.1. The number of ether oxygens (including phenoxy) is 5. The molecule has 250 valence electrons. The molecule has 0 unspecified atom stereocenters. The molecular weight excluding hydrogens is 612 g/mol. The maximum absolute atomic E-state index is 11.4. The van der Waals surface area contributed by atoms with E-state index >= 15 is 0 Å². The van der Waals surface area contributed by atoms with Crippen molar-refractivity contribution in [1.29, 1.82) is 0 Å². The number of esters is 1. The molecule has 0 aromatic rings. The van der Waals surface area contributed by atoms with Crippen LogP contribution in [0.25, 0.3) is 0 Å². The van der Waals surface area contributed by atoms with Crippen LogP contribution in [0.15, 0.2) is 0 Å². The van der Waals surface area contributed by atoms with E-state index in [2.05, 4.69) is 4.74 Å². The van der Waals surface area contributed by atoms with Crippen LogP contribution < -0.4 is 0 Å². The normalized spacial score (nSPS) is 12.4. The molecule has 0 aliphatic carbocycles. The van der Waals surface area contributed by atoms with Crippen molar-refractivity contribution in [2.24, 2.45) is 5.41 Å². The molecule has 0 saturated carbocycles. The maximum Gasteiger partial charge on any atom is 0.307 e. The molecule has 0 aliphatic heterocycles. The fraction of sp³-hybridized carbons (Fsp3) is 0.957. The second-order valence-corrected chi connectivity index (χ2v) is 13.6. The molecule has 0 atom stereocenters. The van der Waals surface area contributed by atoms with Crippen molar-refractivity contribution in [3.05, 3.63) is 0 Å². The van der Waals surface area contributed by atoms with E-state index in [0.29, 0.717) is 19.3 Å². The third kappa shape index (κ3) is 30.3. The Morgan fingerprint density at radius 2 is 0.829 bits per heavy atom. The maximum atomic E-state index is 11.4. The molecule has 0 rings (SSSR count). The quantitative estimate of drug-likeness (QED) is 0.0722. The van der Waals surface area contributed by atoms with Crippen LogP contribution in [0.3, 0.4) is 0 Å². The Morgan fingerprint density at radius 1 is 0.537 bits per heavy atom. The molecule has 0 aromatic carbocycles. The number of methoxy groups -OCH3 is 1. The monoisotopic (exact) mass is 662 g/mol. The Balaban J connectivity index is -0.00000722. The van der Waals surface area contributed by atoms with E-state index in [9.17, 15) is 30.0 Å². The van der Waals surface area contributed by atoms with Gasteiger partial charge in [-0.1, -0.05) is 14.9 Å². The third-order valence-electron chi connectivity index (χ3n) is 4.50.